The highest BCUT2D eigenvalue weighted by Crippen LogP contribution is 2.46. The van der Waals surface area contributed by atoms with Gasteiger partial charge in [0.2, 0.25) is 0 Å². The number of ether oxygens (including phenoxy) is 7. The normalized spacial score (nSPS) is 26.3. The van der Waals surface area contributed by atoms with E-state index in [1.165, 1.54) is 11.8 Å². The van der Waals surface area contributed by atoms with Gasteiger partial charge in [0, 0.05) is 62.0 Å². The Balaban J connectivity index is 1.23. The number of H-pyrrole nitrogens is 1. The van der Waals surface area contributed by atoms with Crippen molar-refractivity contribution in [1.82, 2.24) is 4.98 Å². The summed E-state index contributed by atoms with van der Waals surface area (Å²) < 4.78 is 64.2. The van der Waals surface area contributed by atoms with Gasteiger partial charge in [-0.05, 0) is 98.9 Å². The molecule has 3 aliphatic rings. The molecular weight excluding hydrogens is 1280 g/mol. The number of aliphatic hydroxyl groups excluding tert-OH is 1. The number of aromatic nitrogens is 1. The summed E-state index contributed by atoms with van der Waals surface area (Å²) in [6.45, 7) is 15.4. The highest BCUT2D eigenvalue weighted by atomic mass is 79.9. The predicted molar refractivity (Wildman–Crippen MR) is 356 cm³/mol. The molecule has 9 rings (SSSR count). The molecule has 3 aliphatic heterocycles. The molecule has 12 atom stereocenters. The van der Waals surface area contributed by atoms with Crippen LogP contribution in [0.4, 0.5) is 0 Å². The first-order chi connectivity index (χ1) is 43.7. The van der Waals surface area contributed by atoms with Crippen LogP contribution < -0.4 is 10.4 Å². The fraction of sp³-hybridized carbons (Fsp3) is 0.493. The number of hydrogen-bond acceptors (Lipinski definition) is 16. The molecule has 0 bridgehead atoms. The number of rotatable bonds is 27. The average Bonchev–Trinajstić information content (AvgIpc) is 1.27. The standard InChI is InChI=1S/C67H84BrN7O13SSi2/c1-9-90(10-2,11-3)88-63-55(42-80-57(76)34-44(4)5)84-59(39-67(63,79)73-75-70)86-62-56(43-82-91(65(6,7)8,49-28-20-14-21-29-49)50-30-22-15-23-31-50)83-58(81-41-54-61(77)53(72-74-69)36-60(85-54)89-48-26-18-13-19-27-48)38-66(62,87-64(78)45-24-16-12-17-25-45)37-46-40-71-52-35-47(68)32-33-51(46)52/h12-33,35,40,44,53-56,58-63,71,77,79H,9-11,34,36-39,41-43H2,1-8H3/t53-,54-,55-,56-,58+,59-,60-,61-,62+,63+,66-,67-/m1/s1. The van der Waals surface area contributed by atoms with Crippen molar-refractivity contribution < 1.29 is 61.8 Å². The van der Waals surface area contributed by atoms with Crippen LogP contribution in [0.25, 0.3) is 31.8 Å². The predicted octanol–water partition coefficient (Wildman–Crippen LogP) is 13.2. The van der Waals surface area contributed by atoms with Crippen LogP contribution in [0, 0.1) is 5.92 Å². The zero-order valence-corrected chi connectivity index (χ0v) is 57.2. The highest BCUT2D eigenvalue weighted by molar-refractivity contribution is 9.10. The van der Waals surface area contributed by atoms with Crippen molar-refractivity contribution in [2.45, 2.75) is 188 Å². The van der Waals surface area contributed by atoms with E-state index in [0.717, 1.165) is 30.6 Å². The molecule has 1 aromatic heterocycles. The lowest BCUT2D eigenvalue weighted by Crippen LogP contribution is -2.69. The molecule has 0 saturated carbocycles. The molecule has 91 heavy (non-hydrogen) atoms. The Labute approximate surface area is 547 Å². The highest BCUT2D eigenvalue weighted by Gasteiger charge is 2.60. The monoisotopic (exact) mass is 1360 g/mol. The minimum absolute atomic E-state index is 0.0404. The van der Waals surface area contributed by atoms with Crippen molar-refractivity contribution in [2.75, 3.05) is 19.8 Å². The van der Waals surface area contributed by atoms with Gasteiger partial charge in [-0.1, -0.05) is 196 Å². The lowest BCUT2D eigenvalue weighted by molar-refractivity contribution is -0.348. The number of benzene rings is 5. The van der Waals surface area contributed by atoms with E-state index in [2.05, 4.69) is 86.0 Å². The minimum Gasteiger partial charge on any atom is -0.463 e. The van der Waals surface area contributed by atoms with Gasteiger partial charge in [0.15, 0.2) is 32.2 Å². The Morgan fingerprint density at radius 2 is 1.41 bits per heavy atom. The molecular formula is C67H84BrN7O13SSi2. The molecule has 3 fully saturated rings. The molecule has 20 nitrogen and oxygen atoms in total. The van der Waals surface area contributed by atoms with Crippen LogP contribution in [-0.2, 0) is 53.2 Å². The number of azide groups is 2. The summed E-state index contributed by atoms with van der Waals surface area (Å²) in [5.74, 6) is -1.26. The third-order valence-electron chi connectivity index (χ3n) is 17.7. The van der Waals surface area contributed by atoms with Gasteiger partial charge >= 0.3 is 11.9 Å². The Hall–Kier alpha value is -5.90. The van der Waals surface area contributed by atoms with E-state index in [0.29, 0.717) is 23.7 Å². The van der Waals surface area contributed by atoms with Crippen LogP contribution in [0.15, 0.2) is 165 Å². The third kappa shape index (κ3) is 16.4. The molecule has 0 radical (unpaired) electrons. The Morgan fingerprint density at radius 1 is 0.791 bits per heavy atom. The van der Waals surface area contributed by atoms with Gasteiger partial charge in [-0.2, -0.15) is 0 Å². The number of aliphatic hydroxyl groups is 2. The van der Waals surface area contributed by atoms with Crippen LogP contribution in [0.5, 0.6) is 0 Å². The molecule has 3 N–H and O–H groups in total. The average molecular weight is 1360 g/mol. The summed E-state index contributed by atoms with van der Waals surface area (Å²) in [7, 11) is -6.16. The van der Waals surface area contributed by atoms with E-state index in [1.54, 1.807) is 30.3 Å². The topological polar surface area (TPSA) is 271 Å². The Bertz CT molecular complexity index is 3410. The second kappa shape index (κ2) is 30.9. The van der Waals surface area contributed by atoms with Crippen LogP contribution in [0.1, 0.15) is 97.0 Å². The second-order valence-electron chi connectivity index (χ2n) is 25.1. The molecule has 0 aliphatic carbocycles. The smallest absolute Gasteiger partial charge is 0.338 e. The van der Waals surface area contributed by atoms with Gasteiger partial charge in [0.1, 0.15) is 42.6 Å². The number of carbonyl (C=O) groups excluding carboxylic acids is 2. The number of thioether (sulfide) groups is 1. The number of halogens is 1. The quantitative estimate of drug-likeness (QED) is 0.0142. The first-order valence-electron chi connectivity index (χ1n) is 31.3. The van der Waals surface area contributed by atoms with Crippen LogP contribution in [0.3, 0.4) is 0 Å². The second-order valence-corrected chi connectivity index (χ2v) is 36.3. The first-order valence-corrected chi connectivity index (χ1v) is 37.4. The molecule has 0 amide bonds. The molecule has 6 aromatic rings. The zero-order valence-electron chi connectivity index (χ0n) is 52.8. The minimum atomic E-state index is -3.48. The van der Waals surface area contributed by atoms with Crippen molar-refractivity contribution in [3.8, 4) is 0 Å². The maximum atomic E-state index is 15.4. The molecule has 5 aromatic carbocycles. The van der Waals surface area contributed by atoms with Gasteiger partial charge in [-0.15, -0.1) is 0 Å². The molecule has 3 saturated heterocycles. The summed E-state index contributed by atoms with van der Waals surface area (Å²) in [5, 5.41) is 35.4. The van der Waals surface area contributed by atoms with Gasteiger partial charge in [0.25, 0.3) is 8.32 Å². The van der Waals surface area contributed by atoms with E-state index in [9.17, 15) is 26.1 Å². The van der Waals surface area contributed by atoms with Crippen molar-refractivity contribution in [1.29, 1.82) is 0 Å². The van der Waals surface area contributed by atoms with E-state index < -0.39 is 119 Å². The van der Waals surface area contributed by atoms with Gasteiger partial charge < -0.3 is 57.2 Å². The number of aromatic amines is 1. The summed E-state index contributed by atoms with van der Waals surface area (Å²) in [6, 6.07) is 45.3. The molecule has 24 heteroatoms. The SMILES string of the molecule is CC[Si](CC)(CC)O[C@H]1[C@@H](COC(=O)CC(C)C)O[C@H](O[C@H]2[C@@H](CO[Si](c3ccccc3)(c3ccccc3)C(C)(C)C)O[C@H](OC[C@H]3O[C@H](Sc4ccccc4)C[C@@H](N=[N+]=[N-])[C@H]3O)C[C@@]2(Cc2c[nH]c3cc(Br)ccc23)OC(=O)c2ccccc2)C[C@]1(O)N=[N+]=[N-]. The fourth-order valence-corrected chi connectivity index (χ4v) is 21.8. The molecule has 0 unspecified atom stereocenters. The number of nitrogens with one attached hydrogen (secondary N) is 1. The number of fused-ring (bicyclic) bond motifs is 1. The fourth-order valence-electron chi connectivity index (χ4n) is 12.9. The lowest BCUT2D eigenvalue weighted by Gasteiger charge is -2.53. The number of hydrogen-bond donors (Lipinski definition) is 3. The van der Waals surface area contributed by atoms with Gasteiger partial charge in [-0.3, -0.25) is 4.79 Å². The lowest BCUT2D eigenvalue weighted by atomic mass is 9.80. The first kappa shape index (κ1) is 69.4. The maximum Gasteiger partial charge on any atom is 0.338 e. The number of esters is 2. The van der Waals surface area contributed by atoms with Crippen LogP contribution in [0.2, 0.25) is 23.2 Å². The summed E-state index contributed by atoms with van der Waals surface area (Å²) in [4.78, 5) is 39.5. The zero-order chi connectivity index (χ0) is 65.0. The van der Waals surface area contributed by atoms with Gasteiger partial charge in [-0.25, -0.2) is 4.79 Å². The van der Waals surface area contributed by atoms with Crippen LogP contribution in [-0.4, -0.2) is 136 Å². The van der Waals surface area contributed by atoms with Crippen molar-refractivity contribution in [3.05, 3.63) is 182 Å². The molecule has 0 spiro atoms. The number of carbonyl (C=O) groups is 2. The summed E-state index contributed by atoms with van der Waals surface area (Å²) in [6.07, 6.45) is -8.99. The van der Waals surface area contributed by atoms with Gasteiger partial charge in [0.05, 0.1) is 30.9 Å². The van der Waals surface area contributed by atoms with E-state index in [1.807, 2.05) is 126 Å². The Morgan fingerprint density at radius 3 is 2.01 bits per heavy atom. The Kier molecular flexibility index (Phi) is 23.6. The summed E-state index contributed by atoms with van der Waals surface area (Å²) in [5.41, 5.74) is 17.1. The third-order valence-corrected chi connectivity index (χ3v) is 28.9. The van der Waals surface area contributed by atoms with E-state index in [4.69, 9.17) is 42.0 Å². The summed E-state index contributed by atoms with van der Waals surface area (Å²) >= 11 is 5.07. The van der Waals surface area contributed by atoms with E-state index >= 15 is 4.79 Å². The maximum absolute atomic E-state index is 15.4. The van der Waals surface area contributed by atoms with E-state index in [-0.39, 0.29) is 50.4 Å². The molecule has 4 heterocycles. The van der Waals surface area contributed by atoms with Crippen molar-refractivity contribution in [2.24, 2.45) is 16.1 Å². The number of nitrogens with zero attached hydrogens (tertiary/aromatic N) is 6. The van der Waals surface area contributed by atoms with Crippen LogP contribution >= 0.6 is 27.7 Å². The largest absolute Gasteiger partial charge is 0.463 e. The molecule has 486 valence electrons. The van der Waals surface area contributed by atoms with Crippen molar-refractivity contribution in [3.63, 3.8) is 0 Å². The van der Waals surface area contributed by atoms with Crippen molar-refractivity contribution >= 4 is 77.5 Å².